The molecule has 0 saturated heterocycles. The zero-order chi connectivity index (χ0) is 19.4. The third-order valence-corrected chi connectivity index (χ3v) is 4.13. The van der Waals surface area contributed by atoms with Gasteiger partial charge in [0.2, 0.25) is 11.8 Å². The summed E-state index contributed by atoms with van der Waals surface area (Å²) in [6, 6.07) is 11.3. The Morgan fingerprint density at radius 2 is 1.89 bits per heavy atom. The number of halogens is 1. The number of fused-ring (bicyclic) bond motifs is 1. The summed E-state index contributed by atoms with van der Waals surface area (Å²) in [6.45, 7) is 1.63. The molecule has 0 aliphatic carbocycles. The molecular formula is C19H19FN4O3. The van der Waals surface area contributed by atoms with E-state index < -0.39 is 12.1 Å². The van der Waals surface area contributed by atoms with Crippen LogP contribution in [0.4, 0.5) is 20.6 Å². The van der Waals surface area contributed by atoms with E-state index in [1.165, 1.54) is 17.0 Å². The average Bonchev–Trinajstić information content (AvgIpc) is 2.66. The van der Waals surface area contributed by atoms with Gasteiger partial charge in [0.25, 0.3) is 0 Å². The van der Waals surface area contributed by atoms with E-state index in [4.69, 9.17) is 0 Å². The van der Waals surface area contributed by atoms with Crippen molar-refractivity contribution in [3.63, 3.8) is 0 Å². The van der Waals surface area contributed by atoms with Gasteiger partial charge in [0.15, 0.2) is 0 Å². The number of nitrogens with one attached hydrogen (secondary N) is 3. The van der Waals surface area contributed by atoms with E-state index in [-0.39, 0.29) is 30.7 Å². The monoisotopic (exact) mass is 370 g/mol. The number of nitrogens with zero attached hydrogens (tertiary/aromatic N) is 1. The first-order valence-electron chi connectivity index (χ1n) is 8.43. The minimum absolute atomic E-state index is 0.132. The first-order chi connectivity index (χ1) is 12.9. The third-order valence-electron chi connectivity index (χ3n) is 4.13. The molecule has 1 heterocycles. The lowest BCUT2D eigenvalue weighted by molar-refractivity contribution is -0.122. The SMILES string of the molecule is C[C@@H](NC(=O)N1CC(=O)Nc2ccccc21)C(=O)NCc1ccc(F)cc1. The predicted octanol–water partition coefficient (Wildman–Crippen LogP) is 2.00. The minimum Gasteiger partial charge on any atom is -0.350 e. The smallest absolute Gasteiger partial charge is 0.323 e. The maximum Gasteiger partial charge on any atom is 0.323 e. The van der Waals surface area contributed by atoms with Crippen LogP contribution in [0, 0.1) is 5.82 Å². The molecule has 0 spiro atoms. The molecule has 1 aliphatic rings. The van der Waals surface area contributed by atoms with Gasteiger partial charge >= 0.3 is 6.03 Å². The Morgan fingerprint density at radius 1 is 1.19 bits per heavy atom. The van der Waals surface area contributed by atoms with Crippen LogP contribution in [0.15, 0.2) is 48.5 Å². The highest BCUT2D eigenvalue weighted by molar-refractivity contribution is 6.09. The molecule has 1 atom stereocenters. The molecule has 0 fully saturated rings. The number of hydrogen-bond donors (Lipinski definition) is 3. The maximum atomic E-state index is 12.9. The van der Waals surface area contributed by atoms with Crippen molar-refractivity contribution in [2.75, 3.05) is 16.8 Å². The van der Waals surface area contributed by atoms with Crippen LogP contribution in [0.1, 0.15) is 12.5 Å². The van der Waals surface area contributed by atoms with E-state index in [0.717, 1.165) is 5.56 Å². The standard InChI is InChI=1S/C19H19FN4O3/c1-12(18(26)21-10-13-6-8-14(20)9-7-13)22-19(27)24-11-17(25)23-15-4-2-3-5-16(15)24/h2-9,12H,10-11H2,1H3,(H,21,26)(H,22,27)(H,23,25)/t12-/m1/s1. The molecule has 27 heavy (non-hydrogen) atoms. The topological polar surface area (TPSA) is 90.5 Å². The van der Waals surface area contributed by atoms with Crippen molar-refractivity contribution in [2.24, 2.45) is 0 Å². The molecule has 0 aromatic heterocycles. The zero-order valence-electron chi connectivity index (χ0n) is 14.7. The van der Waals surface area contributed by atoms with Crippen LogP contribution in [0.3, 0.4) is 0 Å². The molecule has 4 amide bonds. The van der Waals surface area contributed by atoms with Crippen molar-refractivity contribution < 1.29 is 18.8 Å². The quantitative estimate of drug-likeness (QED) is 0.769. The fourth-order valence-corrected chi connectivity index (χ4v) is 2.69. The van der Waals surface area contributed by atoms with Gasteiger partial charge < -0.3 is 16.0 Å². The summed E-state index contributed by atoms with van der Waals surface area (Å²) in [6.07, 6.45) is 0. The van der Waals surface area contributed by atoms with Crippen LogP contribution in [0.5, 0.6) is 0 Å². The van der Waals surface area contributed by atoms with E-state index in [2.05, 4.69) is 16.0 Å². The van der Waals surface area contributed by atoms with Gasteiger partial charge in [-0.25, -0.2) is 9.18 Å². The Balaban J connectivity index is 1.59. The normalized spacial score (nSPS) is 14.0. The molecular weight excluding hydrogens is 351 g/mol. The molecule has 0 unspecified atom stereocenters. The van der Waals surface area contributed by atoms with E-state index in [0.29, 0.717) is 11.4 Å². The molecule has 8 heteroatoms. The van der Waals surface area contributed by atoms with Crippen molar-refractivity contribution >= 4 is 29.2 Å². The lowest BCUT2D eigenvalue weighted by atomic mass is 10.2. The largest absolute Gasteiger partial charge is 0.350 e. The molecule has 3 N–H and O–H groups in total. The first-order valence-corrected chi connectivity index (χ1v) is 8.43. The molecule has 2 aromatic carbocycles. The third kappa shape index (κ3) is 4.41. The lowest BCUT2D eigenvalue weighted by Crippen LogP contribution is -2.52. The molecule has 0 bridgehead atoms. The second kappa shape index (κ2) is 7.86. The van der Waals surface area contributed by atoms with Gasteiger partial charge in [-0.15, -0.1) is 0 Å². The second-order valence-electron chi connectivity index (χ2n) is 6.17. The van der Waals surface area contributed by atoms with E-state index in [1.807, 2.05) is 0 Å². The Morgan fingerprint density at radius 3 is 2.63 bits per heavy atom. The van der Waals surface area contributed by atoms with Gasteiger partial charge in [0.1, 0.15) is 18.4 Å². The summed E-state index contributed by atoms with van der Waals surface area (Å²) >= 11 is 0. The second-order valence-corrected chi connectivity index (χ2v) is 6.17. The molecule has 3 rings (SSSR count). The van der Waals surface area contributed by atoms with Gasteiger partial charge in [-0.05, 0) is 36.8 Å². The van der Waals surface area contributed by atoms with Gasteiger partial charge in [-0.1, -0.05) is 24.3 Å². The molecule has 0 radical (unpaired) electrons. The summed E-state index contributed by atoms with van der Waals surface area (Å²) in [7, 11) is 0. The minimum atomic E-state index is -0.810. The highest BCUT2D eigenvalue weighted by Crippen LogP contribution is 2.28. The van der Waals surface area contributed by atoms with Crippen LogP contribution < -0.4 is 20.9 Å². The number of urea groups is 1. The van der Waals surface area contributed by atoms with Crippen molar-refractivity contribution in [3.8, 4) is 0 Å². The Hall–Kier alpha value is -3.42. The molecule has 1 aliphatic heterocycles. The summed E-state index contributed by atoms with van der Waals surface area (Å²) in [5.74, 6) is -1.05. The van der Waals surface area contributed by atoms with Crippen LogP contribution in [-0.2, 0) is 16.1 Å². The van der Waals surface area contributed by atoms with Crippen molar-refractivity contribution in [1.29, 1.82) is 0 Å². The molecule has 140 valence electrons. The Kier molecular flexibility index (Phi) is 5.35. The molecule has 2 aromatic rings. The van der Waals surface area contributed by atoms with Gasteiger partial charge in [-0.3, -0.25) is 14.5 Å². The van der Waals surface area contributed by atoms with Gasteiger partial charge in [0.05, 0.1) is 11.4 Å². The van der Waals surface area contributed by atoms with Crippen LogP contribution in [-0.4, -0.2) is 30.4 Å². The predicted molar refractivity (Wildman–Crippen MR) is 98.7 cm³/mol. The molecule has 7 nitrogen and oxygen atoms in total. The lowest BCUT2D eigenvalue weighted by Gasteiger charge is -2.30. The van der Waals surface area contributed by atoms with Crippen molar-refractivity contribution in [2.45, 2.75) is 19.5 Å². The van der Waals surface area contributed by atoms with E-state index >= 15 is 0 Å². The average molecular weight is 370 g/mol. The molecule has 0 saturated carbocycles. The number of anilines is 2. The highest BCUT2D eigenvalue weighted by Gasteiger charge is 2.28. The van der Waals surface area contributed by atoms with Gasteiger partial charge in [-0.2, -0.15) is 0 Å². The van der Waals surface area contributed by atoms with Gasteiger partial charge in [0, 0.05) is 6.54 Å². The van der Waals surface area contributed by atoms with Crippen molar-refractivity contribution in [1.82, 2.24) is 10.6 Å². The summed E-state index contributed by atoms with van der Waals surface area (Å²) in [4.78, 5) is 37.9. The number of para-hydroxylation sites is 2. The van der Waals surface area contributed by atoms with Crippen molar-refractivity contribution in [3.05, 3.63) is 59.9 Å². The highest BCUT2D eigenvalue weighted by atomic mass is 19.1. The summed E-state index contributed by atoms with van der Waals surface area (Å²) in [5, 5.41) is 7.97. The fourth-order valence-electron chi connectivity index (χ4n) is 2.69. The fraction of sp³-hybridized carbons (Fsp3) is 0.211. The Labute approximate surface area is 155 Å². The number of carbonyl (C=O) groups excluding carboxylic acids is 3. The zero-order valence-corrected chi connectivity index (χ0v) is 14.7. The first kappa shape index (κ1) is 18.4. The van der Waals surface area contributed by atoms with E-state index in [9.17, 15) is 18.8 Å². The number of hydrogen-bond acceptors (Lipinski definition) is 3. The van der Waals surface area contributed by atoms with Crippen LogP contribution in [0.25, 0.3) is 0 Å². The number of benzene rings is 2. The van der Waals surface area contributed by atoms with Crippen LogP contribution >= 0.6 is 0 Å². The summed E-state index contributed by atoms with van der Waals surface area (Å²) in [5.41, 5.74) is 1.84. The van der Waals surface area contributed by atoms with Crippen LogP contribution in [0.2, 0.25) is 0 Å². The number of carbonyl (C=O) groups is 3. The maximum absolute atomic E-state index is 12.9. The summed E-state index contributed by atoms with van der Waals surface area (Å²) < 4.78 is 12.9. The Bertz CT molecular complexity index is 870. The number of rotatable bonds is 4. The van der Waals surface area contributed by atoms with E-state index in [1.54, 1.807) is 43.3 Å². The number of amides is 4.